The van der Waals surface area contributed by atoms with Crippen molar-refractivity contribution in [2.45, 2.75) is 29.5 Å². The molecular formula is C50H41N5O7S2. The topological polar surface area (TPSA) is 149 Å². The summed E-state index contributed by atoms with van der Waals surface area (Å²) < 4.78 is 11.4. The van der Waals surface area contributed by atoms with Gasteiger partial charge in [-0.25, -0.2) is 14.6 Å². The van der Waals surface area contributed by atoms with Gasteiger partial charge in [-0.3, -0.25) is 14.5 Å². The molecule has 64 heavy (non-hydrogen) atoms. The number of cyclic esters (lactones) is 1. The van der Waals surface area contributed by atoms with Crippen molar-refractivity contribution in [2.24, 2.45) is 5.16 Å². The first-order chi connectivity index (χ1) is 31.4. The van der Waals surface area contributed by atoms with E-state index in [-0.39, 0.29) is 29.5 Å². The van der Waals surface area contributed by atoms with E-state index < -0.39 is 46.8 Å². The van der Waals surface area contributed by atoms with Crippen LogP contribution in [-0.4, -0.2) is 70.2 Å². The molecule has 2 amide bonds. The minimum Gasteiger partial charge on any atom is -0.462 e. The van der Waals surface area contributed by atoms with Crippen molar-refractivity contribution in [3.63, 3.8) is 0 Å². The molecule has 0 aliphatic carbocycles. The number of hydrogen-bond donors (Lipinski definition) is 2. The van der Waals surface area contributed by atoms with Gasteiger partial charge in [0.2, 0.25) is 0 Å². The fraction of sp³-hybridized carbons (Fsp3) is 0.160. The molecule has 2 fully saturated rings. The summed E-state index contributed by atoms with van der Waals surface area (Å²) in [5.74, 6) is -2.21. The number of hydrogen-bond acceptors (Lipinski definition) is 12. The second-order valence-corrected chi connectivity index (χ2v) is 17.0. The van der Waals surface area contributed by atoms with Crippen LogP contribution in [0.3, 0.4) is 0 Å². The Balaban J connectivity index is 0.992. The van der Waals surface area contributed by atoms with E-state index in [0.29, 0.717) is 22.7 Å². The average molecular weight is 888 g/mol. The van der Waals surface area contributed by atoms with Crippen LogP contribution >= 0.6 is 23.1 Å². The van der Waals surface area contributed by atoms with E-state index in [4.69, 9.17) is 19.3 Å². The molecule has 1 aromatic heterocycles. The highest BCUT2D eigenvalue weighted by Crippen LogP contribution is 2.44. The van der Waals surface area contributed by atoms with Crippen LogP contribution in [0.2, 0.25) is 0 Å². The van der Waals surface area contributed by atoms with E-state index in [0.717, 1.165) is 27.8 Å². The number of thioether (sulfide) groups is 1. The Morgan fingerprint density at radius 3 is 1.89 bits per heavy atom. The van der Waals surface area contributed by atoms with Gasteiger partial charge >= 0.3 is 11.9 Å². The van der Waals surface area contributed by atoms with Gasteiger partial charge in [0.25, 0.3) is 11.8 Å². The van der Waals surface area contributed by atoms with E-state index in [9.17, 15) is 19.2 Å². The molecule has 320 valence electrons. The van der Waals surface area contributed by atoms with Crippen molar-refractivity contribution in [3.05, 3.63) is 213 Å². The number of carbonyl (C=O) groups is 4. The first-order valence-corrected chi connectivity index (χ1v) is 22.5. The van der Waals surface area contributed by atoms with Crippen molar-refractivity contribution in [1.82, 2.24) is 15.2 Å². The van der Waals surface area contributed by atoms with Gasteiger partial charge in [-0.05, 0) is 39.5 Å². The number of ether oxygens (including phenoxy) is 2. The zero-order valence-electron chi connectivity index (χ0n) is 34.5. The molecule has 0 spiro atoms. The Bertz CT molecular complexity index is 2630. The number of benzene rings is 5. The van der Waals surface area contributed by atoms with E-state index in [1.54, 1.807) is 11.5 Å². The van der Waals surface area contributed by atoms with Crippen molar-refractivity contribution in [3.8, 4) is 0 Å². The number of β-lactam (4-membered cyclic amide) rings is 1. The maximum Gasteiger partial charge on any atom is 0.356 e. The average Bonchev–Trinajstić information content (AvgIpc) is 3.99. The molecule has 0 unspecified atom stereocenters. The largest absolute Gasteiger partial charge is 0.462 e. The molecule has 12 nitrogen and oxygen atoms in total. The minimum atomic E-state index is -1.04. The lowest BCUT2D eigenvalue weighted by atomic mass is 9.77. The summed E-state index contributed by atoms with van der Waals surface area (Å²) in [7, 11) is 1.33. The summed E-state index contributed by atoms with van der Waals surface area (Å²) in [6, 6.07) is 47.8. The summed E-state index contributed by atoms with van der Waals surface area (Å²) in [5.41, 5.74) is 4.44. The molecule has 0 saturated carbocycles. The van der Waals surface area contributed by atoms with Crippen LogP contribution < -0.4 is 10.6 Å². The number of esters is 2. The lowest BCUT2D eigenvalue weighted by molar-refractivity contribution is -0.154. The number of nitrogens with zero attached hydrogens (tertiary/aromatic N) is 3. The number of rotatable bonds is 14. The first kappa shape index (κ1) is 42.0. The molecule has 0 radical (unpaired) electrons. The van der Waals surface area contributed by atoms with Crippen LogP contribution in [0.15, 0.2) is 185 Å². The molecule has 4 heterocycles. The van der Waals surface area contributed by atoms with Crippen LogP contribution in [0.25, 0.3) is 0 Å². The van der Waals surface area contributed by atoms with Gasteiger partial charge in [0.15, 0.2) is 16.9 Å². The van der Waals surface area contributed by atoms with Crippen molar-refractivity contribution in [2.75, 3.05) is 24.8 Å². The number of thiazole rings is 1. The number of carbonyl (C=O) groups excluding carboxylic acids is 4. The van der Waals surface area contributed by atoms with Gasteiger partial charge < -0.3 is 24.9 Å². The zero-order chi connectivity index (χ0) is 44.0. The lowest BCUT2D eigenvalue weighted by Gasteiger charge is -2.49. The highest BCUT2D eigenvalue weighted by molar-refractivity contribution is 8.00. The second kappa shape index (κ2) is 18.6. The third kappa shape index (κ3) is 8.20. The number of allylic oxidation sites excluding steroid dienone is 1. The lowest BCUT2D eigenvalue weighted by Crippen LogP contribution is -2.71. The Morgan fingerprint density at radius 2 is 1.38 bits per heavy atom. The van der Waals surface area contributed by atoms with Crippen LogP contribution in [0, 0.1) is 0 Å². The molecule has 3 aliphatic heterocycles. The molecule has 3 aliphatic rings. The van der Waals surface area contributed by atoms with Crippen LogP contribution in [0.5, 0.6) is 0 Å². The monoisotopic (exact) mass is 887 g/mol. The molecule has 5 aromatic carbocycles. The number of nitrogens with one attached hydrogen (secondary N) is 2. The Hall–Kier alpha value is -7.29. The number of oxime groups is 1. The molecule has 2 saturated heterocycles. The van der Waals surface area contributed by atoms with Crippen LogP contribution in [0.1, 0.15) is 46.0 Å². The molecule has 2 atom stereocenters. The van der Waals surface area contributed by atoms with Crippen LogP contribution in [-0.2, 0) is 39.0 Å². The molecule has 9 rings (SSSR count). The zero-order valence-corrected chi connectivity index (χ0v) is 36.1. The number of aromatic nitrogens is 1. The van der Waals surface area contributed by atoms with Gasteiger partial charge in [0.1, 0.15) is 35.5 Å². The maximum absolute atomic E-state index is 14.5. The Kier molecular flexibility index (Phi) is 12.2. The normalized spacial score (nSPS) is 18.0. The predicted octanol–water partition coefficient (Wildman–Crippen LogP) is 7.76. The molecule has 6 aromatic rings. The third-order valence-electron chi connectivity index (χ3n) is 11.2. The van der Waals surface area contributed by atoms with E-state index >= 15 is 0 Å². The van der Waals surface area contributed by atoms with Crippen LogP contribution in [0.4, 0.5) is 5.13 Å². The highest BCUT2D eigenvalue weighted by Gasteiger charge is 2.55. The summed E-state index contributed by atoms with van der Waals surface area (Å²) in [6.45, 7) is 0.226. The van der Waals surface area contributed by atoms with E-state index in [2.05, 4.69) is 52.2 Å². The predicted molar refractivity (Wildman–Crippen MR) is 245 cm³/mol. The Labute approximate surface area is 377 Å². The number of fused-ring (bicyclic) bond motifs is 1. The summed E-state index contributed by atoms with van der Waals surface area (Å²) in [4.78, 5) is 66.9. The van der Waals surface area contributed by atoms with Crippen molar-refractivity contribution >= 4 is 57.7 Å². The van der Waals surface area contributed by atoms with E-state index in [1.807, 2.05) is 115 Å². The second-order valence-electron chi connectivity index (χ2n) is 15.0. The first-order valence-electron chi connectivity index (χ1n) is 20.5. The molecule has 0 bridgehead atoms. The summed E-state index contributed by atoms with van der Waals surface area (Å²) >= 11 is 2.64. The summed E-state index contributed by atoms with van der Waals surface area (Å²) in [5, 5.41) is 12.2. The summed E-state index contributed by atoms with van der Waals surface area (Å²) in [6.07, 6.45) is 1.19. The third-order valence-corrected chi connectivity index (χ3v) is 13.2. The standard InChI is InChI=1S/C50H41N5O7S2/c1-60-54-40(39-31-64-49(51-39)53-50(36-21-11-4-12-22-36,37-23-13-5-14-24-37)38-25-15-6-16-26-38)44(56)52-41-45(57)55-42(35(30-63-46(41)55)29-34-27-28-61-47(34)58)48(59)62-43(32-17-7-2-8-18-32)33-19-9-3-10-20-33/h2-26,29,31,41,43,46H,27-28,30H2,1H3,(H,51,53)(H,52,56)/b34-29+,54-40-/t41-,46-/m1/s1. The Morgan fingerprint density at radius 1 is 0.828 bits per heavy atom. The number of anilines is 1. The molecule has 2 N–H and O–H groups in total. The van der Waals surface area contributed by atoms with Gasteiger partial charge in [-0.2, -0.15) is 0 Å². The van der Waals surface area contributed by atoms with Gasteiger partial charge in [0.05, 0.1) is 6.61 Å². The minimum absolute atomic E-state index is 0.00282. The quantitative estimate of drug-likeness (QED) is 0.0278. The van der Waals surface area contributed by atoms with Gasteiger partial charge in [0, 0.05) is 23.1 Å². The van der Waals surface area contributed by atoms with Gasteiger partial charge in [-0.1, -0.05) is 157 Å². The van der Waals surface area contributed by atoms with Crippen molar-refractivity contribution < 1.29 is 33.5 Å². The fourth-order valence-electron chi connectivity index (χ4n) is 8.17. The van der Waals surface area contributed by atoms with E-state index in [1.165, 1.54) is 35.1 Å². The van der Waals surface area contributed by atoms with Crippen molar-refractivity contribution in [1.29, 1.82) is 0 Å². The fourth-order valence-corrected chi connectivity index (χ4v) is 10.2. The molecule has 14 heteroatoms. The highest BCUT2D eigenvalue weighted by atomic mass is 32.2. The van der Waals surface area contributed by atoms with Gasteiger partial charge in [-0.15, -0.1) is 23.1 Å². The number of amides is 2. The SMILES string of the molecule is CO/N=C(\C(=O)N[C@@H]1C(=O)N2C(C(=O)OC(c3ccccc3)c3ccccc3)=C(/C=C3\CCOC3=O)CS[C@H]12)c1csc(NC(c2ccccc2)(c2ccccc2)c2ccccc2)n1. The smallest absolute Gasteiger partial charge is 0.356 e. The maximum atomic E-state index is 14.5. The molecular weight excluding hydrogens is 847 g/mol.